The van der Waals surface area contributed by atoms with Crippen LogP contribution in [0.3, 0.4) is 0 Å². The van der Waals surface area contributed by atoms with Crippen LogP contribution in [0.2, 0.25) is 0 Å². The molecule has 0 fully saturated rings. The normalized spacial score (nSPS) is 12.1. The van der Waals surface area contributed by atoms with Crippen LogP contribution in [0.15, 0.2) is 42.6 Å². The van der Waals surface area contributed by atoms with E-state index in [2.05, 4.69) is 9.72 Å². The van der Waals surface area contributed by atoms with Gasteiger partial charge < -0.3 is 9.47 Å². The van der Waals surface area contributed by atoms with Crippen LogP contribution in [0, 0.1) is 0 Å². The maximum Gasteiger partial charge on any atom is 0.417 e. The zero-order valence-corrected chi connectivity index (χ0v) is 15.7. The first-order chi connectivity index (χ1) is 13.6. The van der Waals surface area contributed by atoms with E-state index >= 15 is 0 Å². The number of ether oxygens (including phenoxy) is 2. The Morgan fingerprint density at radius 3 is 2.17 bits per heavy atom. The van der Waals surface area contributed by atoms with Gasteiger partial charge in [-0.1, -0.05) is 18.2 Å². The molecular weight excluding hydrogens is 391 g/mol. The lowest BCUT2D eigenvalue weighted by molar-refractivity contribution is -0.138. The molecule has 0 aliphatic heterocycles. The predicted octanol–water partition coefficient (Wildman–Crippen LogP) is 3.70. The number of allylic oxidation sites excluding steroid dienone is 1. The highest BCUT2D eigenvalue weighted by Gasteiger charge is 2.37. The maximum atomic E-state index is 13.5. The highest BCUT2D eigenvalue weighted by molar-refractivity contribution is 6.38. The van der Waals surface area contributed by atoms with Crippen molar-refractivity contribution < 1.29 is 37.0 Å². The van der Waals surface area contributed by atoms with Crippen LogP contribution in [0.1, 0.15) is 30.7 Å². The number of alkyl halides is 3. The Morgan fingerprint density at radius 1 is 0.966 bits per heavy atom. The Balaban J connectivity index is 2.97. The molecule has 152 valence electrons. The first-order valence-electron chi connectivity index (χ1n) is 8.21. The summed E-state index contributed by atoms with van der Waals surface area (Å²) in [5.74, 6) is -2.87. The van der Waals surface area contributed by atoms with Crippen molar-refractivity contribution >= 4 is 28.9 Å². The number of benzene rings is 1. The van der Waals surface area contributed by atoms with Crippen LogP contribution >= 0.6 is 0 Å². The summed E-state index contributed by atoms with van der Waals surface area (Å²) in [4.78, 5) is 40.3. The number of halogens is 3. The van der Waals surface area contributed by atoms with E-state index in [1.54, 1.807) is 0 Å². The van der Waals surface area contributed by atoms with E-state index in [0.717, 1.165) is 39.2 Å². The van der Waals surface area contributed by atoms with Crippen LogP contribution in [0.5, 0.6) is 5.75 Å². The number of hydrogen-bond acceptors (Lipinski definition) is 6. The van der Waals surface area contributed by atoms with Crippen molar-refractivity contribution in [3.8, 4) is 5.75 Å². The fourth-order valence-corrected chi connectivity index (χ4v) is 2.67. The van der Waals surface area contributed by atoms with Crippen LogP contribution in [0.4, 0.5) is 13.2 Å². The number of Topliss-reactive ketones (excluding diaryl/α,β-unsaturated/α-hetero) is 1. The Bertz CT molecular complexity index is 996. The van der Waals surface area contributed by atoms with Gasteiger partial charge in [0.05, 0.1) is 23.8 Å². The van der Waals surface area contributed by atoms with Gasteiger partial charge in [-0.2, -0.15) is 13.2 Å². The van der Waals surface area contributed by atoms with Gasteiger partial charge in [-0.15, -0.1) is 0 Å². The molecule has 1 aromatic carbocycles. The number of esters is 2. The number of carbonyl (C=O) groups excluding carboxylic acids is 3. The maximum absolute atomic E-state index is 13.5. The molecule has 29 heavy (non-hydrogen) atoms. The Hall–Kier alpha value is -3.49. The van der Waals surface area contributed by atoms with Crippen LogP contribution in [-0.4, -0.2) is 29.8 Å². The second kappa shape index (κ2) is 8.68. The van der Waals surface area contributed by atoms with Gasteiger partial charge in [-0.25, -0.2) is 4.79 Å². The first-order valence-corrected chi connectivity index (χ1v) is 8.21. The van der Waals surface area contributed by atoms with Crippen molar-refractivity contribution in [3.63, 3.8) is 0 Å². The number of nitrogens with zero attached hydrogens (tertiary/aromatic N) is 1. The number of ketones is 1. The van der Waals surface area contributed by atoms with E-state index in [4.69, 9.17) is 4.74 Å². The third-order valence-corrected chi connectivity index (χ3v) is 3.75. The fourth-order valence-electron chi connectivity index (χ4n) is 2.67. The molecule has 0 spiro atoms. The first kappa shape index (κ1) is 21.8. The van der Waals surface area contributed by atoms with Gasteiger partial charge in [0.15, 0.2) is 11.5 Å². The number of aromatic nitrogens is 1. The molecule has 2 aromatic rings. The number of rotatable bonds is 5. The van der Waals surface area contributed by atoms with Gasteiger partial charge >= 0.3 is 18.1 Å². The van der Waals surface area contributed by atoms with Gasteiger partial charge in [-0.3, -0.25) is 14.6 Å². The van der Waals surface area contributed by atoms with Crippen LogP contribution in [0.25, 0.3) is 11.1 Å². The molecule has 0 aliphatic rings. The molecule has 0 radical (unpaired) electrons. The lowest BCUT2D eigenvalue weighted by atomic mass is 9.91. The van der Waals surface area contributed by atoms with Crippen molar-refractivity contribution in [3.05, 3.63) is 59.4 Å². The van der Waals surface area contributed by atoms with Gasteiger partial charge in [0.25, 0.3) is 0 Å². The molecule has 0 saturated carbocycles. The zero-order valence-electron chi connectivity index (χ0n) is 15.7. The predicted molar refractivity (Wildman–Crippen MR) is 96.5 cm³/mol. The average molecular weight is 407 g/mol. The molecular formula is C20H16F3NO5. The molecule has 6 nitrogen and oxygen atoms in total. The van der Waals surface area contributed by atoms with E-state index in [0.29, 0.717) is 0 Å². The molecule has 0 atom stereocenters. The van der Waals surface area contributed by atoms with Crippen LogP contribution in [-0.2, 0) is 25.3 Å². The summed E-state index contributed by atoms with van der Waals surface area (Å²) in [7, 11) is 0.974. The largest absolute Gasteiger partial charge is 0.465 e. The standard InChI is InChI=1S/C20H16F3NO5/c1-11(25)16(18-15(29-12(2)26)9-6-10-24-18)17(19(27)28-3)13-7-4-5-8-14(13)20(21,22)23/h4-10H,1-3H3. The van der Waals surface area contributed by atoms with Gasteiger partial charge in [0, 0.05) is 18.7 Å². The molecule has 0 saturated heterocycles. The summed E-state index contributed by atoms with van der Waals surface area (Å²) in [5.41, 5.74) is -3.06. The Kier molecular flexibility index (Phi) is 6.53. The Morgan fingerprint density at radius 2 is 1.62 bits per heavy atom. The molecule has 0 amide bonds. The Labute approximate surface area is 164 Å². The van der Waals surface area contributed by atoms with E-state index in [1.165, 1.54) is 24.4 Å². The second-order valence-electron chi connectivity index (χ2n) is 5.78. The number of pyridine rings is 1. The minimum absolute atomic E-state index is 0.184. The topological polar surface area (TPSA) is 82.6 Å². The lowest BCUT2D eigenvalue weighted by Crippen LogP contribution is -2.17. The van der Waals surface area contributed by atoms with Crippen molar-refractivity contribution in [2.75, 3.05) is 7.11 Å². The average Bonchev–Trinajstić information content (AvgIpc) is 2.65. The third-order valence-electron chi connectivity index (χ3n) is 3.75. The zero-order chi connectivity index (χ0) is 21.8. The van der Waals surface area contributed by atoms with Gasteiger partial charge in [-0.05, 0) is 25.1 Å². The summed E-state index contributed by atoms with van der Waals surface area (Å²) in [6.07, 6.45) is -3.56. The van der Waals surface area contributed by atoms with E-state index in [-0.39, 0.29) is 11.4 Å². The molecule has 0 aliphatic carbocycles. The summed E-state index contributed by atoms with van der Waals surface area (Å²) in [5, 5.41) is 0. The van der Waals surface area contributed by atoms with Crippen molar-refractivity contribution in [1.82, 2.24) is 4.98 Å². The van der Waals surface area contributed by atoms with Crippen molar-refractivity contribution in [2.24, 2.45) is 0 Å². The lowest BCUT2D eigenvalue weighted by Gasteiger charge is -2.18. The molecule has 0 N–H and O–H groups in total. The van der Waals surface area contributed by atoms with Crippen LogP contribution < -0.4 is 4.74 Å². The number of carbonyl (C=O) groups is 3. The summed E-state index contributed by atoms with van der Waals surface area (Å²) in [6.45, 7) is 2.16. The van der Waals surface area contributed by atoms with E-state index in [1.807, 2.05) is 0 Å². The number of hydrogen-bond donors (Lipinski definition) is 0. The fraction of sp³-hybridized carbons (Fsp3) is 0.200. The van der Waals surface area contributed by atoms with E-state index < -0.39 is 46.2 Å². The molecule has 9 heteroatoms. The van der Waals surface area contributed by atoms with E-state index in [9.17, 15) is 27.6 Å². The molecule has 2 rings (SSSR count). The van der Waals surface area contributed by atoms with Crippen molar-refractivity contribution in [1.29, 1.82) is 0 Å². The molecule has 0 unspecified atom stereocenters. The minimum atomic E-state index is -4.80. The van der Waals surface area contributed by atoms with Crippen molar-refractivity contribution in [2.45, 2.75) is 20.0 Å². The quantitative estimate of drug-likeness (QED) is 0.555. The van der Waals surface area contributed by atoms with Gasteiger partial charge in [0.1, 0.15) is 5.69 Å². The highest BCUT2D eigenvalue weighted by Crippen LogP contribution is 2.39. The molecule has 1 heterocycles. The summed E-state index contributed by atoms with van der Waals surface area (Å²) >= 11 is 0. The molecule has 0 bridgehead atoms. The summed E-state index contributed by atoms with van der Waals surface area (Å²) < 4.78 is 50.3. The number of methoxy groups -OCH3 is 1. The van der Waals surface area contributed by atoms with Gasteiger partial charge in [0.2, 0.25) is 0 Å². The minimum Gasteiger partial charge on any atom is -0.465 e. The monoisotopic (exact) mass is 407 g/mol. The smallest absolute Gasteiger partial charge is 0.417 e. The molecule has 1 aromatic heterocycles. The second-order valence-corrected chi connectivity index (χ2v) is 5.78. The third kappa shape index (κ3) is 4.87. The SMILES string of the molecule is COC(=O)C(=C(C(C)=O)c1ncccc1OC(C)=O)c1ccccc1C(F)(F)F. The summed E-state index contributed by atoms with van der Waals surface area (Å²) in [6, 6.07) is 6.97. The highest BCUT2D eigenvalue weighted by atomic mass is 19.4.